The van der Waals surface area contributed by atoms with Gasteiger partial charge in [0.2, 0.25) is 0 Å². The van der Waals surface area contributed by atoms with Crippen molar-refractivity contribution in [1.82, 2.24) is 24.7 Å². The first-order valence-corrected chi connectivity index (χ1v) is 10.2. The third kappa shape index (κ3) is 5.47. The molecule has 180 valence electrons. The smallest absolute Gasteiger partial charge is 0.349 e. The molecule has 0 fully saturated rings. The van der Waals surface area contributed by atoms with Crippen LogP contribution in [0.3, 0.4) is 0 Å². The maximum atomic E-state index is 14.3. The van der Waals surface area contributed by atoms with E-state index in [9.17, 15) is 8.78 Å². The molecule has 0 aliphatic heterocycles. The molecule has 0 atom stereocenters. The number of benzene rings is 1. The van der Waals surface area contributed by atoms with Crippen LogP contribution in [-0.4, -0.2) is 24.7 Å². The van der Waals surface area contributed by atoms with Crippen molar-refractivity contribution in [2.24, 2.45) is 0 Å². The van der Waals surface area contributed by atoms with Gasteiger partial charge in [-0.1, -0.05) is 64.1 Å². The van der Waals surface area contributed by atoms with Gasteiger partial charge < -0.3 is 14.6 Å². The van der Waals surface area contributed by atoms with Crippen LogP contribution in [0.5, 0.6) is 0 Å². The topological polar surface area (TPSA) is 56.5 Å². The van der Waals surface area contributed by atoms with Crippen LogP contribution < -0.4 is 0 Å². The van der Waals surface area contributed by atoms with E-state index >= 15 is 0 Å². The first-order chi connectivity index (χ1) is 15.1. The van der Waals surface area contributed by atoms with Gasteiger partial charge in [-0.05, 0) is 37.1 Å². The molecule has 0 spiro atoms. The Kier molecular flexibility index (Phi) is 8.25. The average Bonchev–Trinajstić information content (AvgIpc) is 3.25. The summed E-state index contributed by atoms with van der Waals surface area (Å²) < 4.78 is 29.1. The van der Waals surface area contributed by atoms with Gasteiger partial charge in [-0.3, -0.25) is 13.8 Å². The maximum Gasteiger partial charge on any atom is 2.00 e. The second-order valence-electron chi connectivity index (χ2n) is 9.15. The fourth-order valence-corrected chi connectivity index (χ4v) is 3.24. The summed E-state index contributed by atoms with van der Waals surface area (Å²) in [6.07, 6.45) is 2.89. The van der Waals surface area contributed by atoms with E-state index < -0.39 is 17.0 Å². The van der Waals surface area contributed by atoms with Gasteiger partial charge in [-0.15, -0.1) is 12.1 Å². The van der Waals surface area contributed by atoms with Crippen LogP contribution in [-0.2, 0) is 31.9 Å². The van der Waals surface area contributed by atoms with Crippen molar-refractivity contribution in [1.29, 1.82) is 0 Å². The van der Waals surface area contributed by atoms with Crippen molar-refractivity contribution in [3.05, 3.63) is 89.8 Å². The van der Waals surface area contributed by atoms with Crippen LogP contribution in [0.2, 0.25) is 0 Å². The number of nitrogens with zero attached hydrogens (tertiary/aromatic N) is 5. The molecule has 4 rings (SSSR count). The minimum absolute atomic E-state index is 0. The summed E-state index contributed by atoms with van der Waals surface area (Å²) in [5, 5.41) is 4.51. The Bertz CT molecular complexity index is 1280. The molecular formula is C26H27F2N5Pt. The van der Waals surface area contributed by atoms with Crippen LogP contribution in [0.4, 0.5) is 8.78 Å². The number of hydrogen-bond acceptors (Lipinski definition) is 4. The van der Waals surface area contributed by atoms with Crippen molar-refractivity contribution >= 4 is 0 Å². The fraction of sp³-hybridized carbons (Fsp3) is 0.308. The van der Waals surface area contributed by atoms with Crippen molar-refractivity contribution in [3.8, 4) is 17.1 Å². The Morgan fingerprint density at radius 2 is 1.56 bits per heavy atom. The molecule has 34 heavy (non-hydrogen) atoms. The minimum atomic E-state index is -0.705. The molecule has 0 saturated carbocycles. The molecule has 0 radical (unpaired) electrons. The van der Waals surface area contributed by atoms with E-state index in [0.29, 0.717) is 23.0 Å². The number of hydrogen-bond donors (Lipinski definition) is 0. The van der Waals surface area contributed by atoms with Gasteiger partial charge in [-0.25, -0.2) is 5.10 Å². The molecule has 4 aromatic rings. The summed E-state index contributed by atoms with van der Waals surface area (Å²) in [5.74, 6) is -0.115. The number of halogens is 2. The van der Waals surface area contributed by atoms with E-state index in [0.717, 1.165) is 17.8 Å². The number of pyridine rings is 2. The van der Waals surface area contributed by atoms with Gasteiger partial charge in [0.05, 0.1) is 11.6 Å². The first kappa shape index (κ1) is 27.5. The molecule has 5 nitrogen and oxygen atoms in total. The van der Waals surface area contributed by atoms with E-state index in [4.69, 9.17) is 4.98 Å². The Hall–Kier alpha value is -2.79. The Balaban J connectivity index is 0.00000204. The van der Waals surface area contributed by atoms with Gasteiger partial charge in [0.15, 0.2) is 0 Å². The third-order valence-electron chi connectivity index (χ3n) is 5.21. The minimum Gasteiger partial charge on any atom is -0.349 e. The second kappa shape index (κ2) is 10.2. The monoisotopic (exact) mass is 642 g/mol. The van der Waals surface area contributed by atoms with E-state index in [1.165, 1.54) is 4.68 Å². The second-order valence-corrected chi connectivity index (χ2v) is 9.15. The van der Waals surface area contributed by atoms with Crippen molar-refractivity contribution in [3.63, 3.8) is 0 Å². The number of aromatic nitrogens is 5. The van der Waals surface area contributed by atoms with Crippen LogP contribution in [0.15, 0.2) is 48.5 Å². The molecule has 0 aliphatic rings. The molecule has 3 aromatic heterocycles. The molecule has 0 bridgehead atoms. The summed E-state index contributed by atoms with van der Waals surface area (Å²) in [4.78, 5) is 13.7. The van der Waals surface area contributed by atoms with Gasteiger partial charge in [0.25, 0.3) is 0 Å². The van der Waals surface area contributed by atoms with Gasteiger partial charge in [0.1, 0.15) is 0 Å². The zero-order chi connectivity index (χ0) is 23.1. The average molecular weight is 643 g/mol. The first-order valence-electron chi connectivity index (χ1n) is 10.2. The third-order valence-corrected chi connectivity index (χ3v) is 5.21. The van der Waals surface area contributed by atoms with Gasteiger partial charge in [0, 0.05) is 34.8 Å². The van der Waals surface area contributed by atoms with Crippen molar-refractivity contribution in [2.75, 3.05) is 0 Å². The Morgan fingerprint density at radius 3 is 2.18 bits per heavy atom. The Morgan fingerprint density at radius 1 is 0.912 bits per heavy atom. The molecule has 3 heterocycles. The van der Waals surface area contributed by atoms with E-state index in [1.807, 2.05) is 58.9 Å². The largest absolute Gasteiger partial charge is 2.00 e. The summed E-state index contributed by atoms with van der Waals surface area (Å²) >= 11 is 0. The number of rotatable bonds is 4. The predicted molar refractivity (Wildman–Crippen MR) is 124 cm³/mol. The van der Waals surface area contributed by atoms with Crippen LogP contribution in [0.1, 0.15) is 59.3 Å². The standard InChI is InChI=1S/C25H23F2N5.CH4.Pt/c1-24(2,3)23-28-15-32(31-23)22-11-7-10-21(30-22)25(4,5)20-9-6-8-19(29-20)17-13-12-16(26)14-18(17)27;;/h6-12,14H,1-5H3;1H4;/q-2;;+2. The summed E-state index contributed by atoms with van der Waals surface area (Å²) in [7, 11) is 0. The molecule has 0 amide bonds. The molecule has 0 saturated heterocycles. The summed E-state index contributed by atoms with van der Waals surface area (Å²) in [5.41, 5.74) is 1.14. The summed E-state index contributed by atoms with van der Waals surface area (Å²) in [6.45, 7) is 10.1. The molecule has 0 N–H and O–H groups in total. The van der Waals surface area contributed by atoms with E-state index in [2.05, 4.69) is 27.5 Å². The molecular weight excluding hydrogens is 615 g/mol. The van der Waals surface area contributed by atoms with Crippen LogP contribution >= 0.6 is 0 Å². The zero-order valence-corrected chi connectivity index (χ0v) is 21.2. The van der Waals surface area contributed by atoms with Gasteiger partial charge >= 0.3 is 21.1 Å². The predicted octanol–water partition coefficient (Wildman–Crippen LogP) is 5.86. The van der Waals surface area contributed by atoms with Crippen molar-refractivity contribution < 1.29 is 29.8 Å². The zero-order valence-electron chi connectivity index (χ0n) is 18.9. The maximum absolute atomic E-state index is 14.3. The quantitative estimate of drug-likeness (QED) is 0.262. The van der Waals surface area contributed by atoms with Crippen molar-refractivity contribution in [2.45, 2.75) is 52.9 Å². The van der Waals surface area contributed by atoms with E-state index in [1.54, 1.807) is 12.1 Å². The normalized spacial score (nSPS) is 11.5. The van der Waals surface area contributed by atoms with Gasteiger partial charge in [-0.2, -0.15) is 0 Å². The fourth-order valence-electron chi connectivity index (χ4n) is 3.24. The van der Waals surface area contributed by atoms with E-state index in [-0.39, 0.29) is 39.5 Å². The molecule has 8 heteroatoms. The Labute approximate surface area is 214 Å². The SMILES string of the molecule is C.CC(C)(C)c1n[c-]n(-c2cccc(C(C)(C)c3cccc(-c4[c-]cc(F)cc4F)n3)n2)n1.[Pt+2]. The van der Waals surface area contributed by atoms with Crippen LogP contribution in [0, 0.1) is 24.0 Å². The molecule has 0 unspecified atom stereocenters. The molecule has 1 aromatic carbocycles. The summed E-state index contributed by atoms with van der Waals surface area (Å²) in [6, 6.07) is 15.5. The van der Waals surface area contributed by atoms with Crippen LogP contribution in [0.25, 0.3) is 17.1 Å². The molecule has 0 aliphatic carbocycles.